The highest BCUT2D eigenvalue weighted by molar-refractivity contribution is 7.13. The summed E-state index contributed by atoms with van der Waals surface area (Å²) < 4.78 is 4.68. The lowest BCUT2D eigenvalue weighted by Gasteiger charge is -2.04. The predicted octanol–water partition coefficient (Wildman–Crippen LogP) is 3.75. The average molecular weight is 260 g/mol. The number of carbonyl (C=O) groups excluding carboxylic acids is 1. The highest BCUT2D eigenvalue weighted by Gasteiger charge is 2.09. The second kappa shape index (κ2) is 5.36. The Morgan fingerprint density at radius 2 is 2.06 bits per heavy atom. The van der Waals surface area contributed by atoms with E-state index in [2.05, 4.69) is 42.8 Å². The van der Waals surface area contributed by atoms with E-state index >= 15 is 0 Å². The van der Waals surface area contributed by atoms with E-state index in [0.29, 0.717) is 6.42 Å². The van der Waals surface area contributed by atoms with Gasteiger partial charge in [-0.05, 0) is 42.0 Å². The van der Waals surface area contributed by atoms with E-state index in [9.17, 15) is 4.79 Å². The van der Waals surface area contributed by atoms with Crippen molar-refractivity contribution in [2.24, 2.45) is 0 Å². The van der Waals surface area contributed by atoms with Gasteiger partial charge in [0.2, 0.25) is 0 Å². The lowest BCUT2D eigenvalue weighted by molar-refractivity contribution is -0.139. The number of hydrogen-bond donors (Lipinski definition) is 0. The molecule has 0 saturated carbocycles. The Hall–Kier alpha value is -1.61. The van der Waals surface area contributed by atoms with Crippen LogP contribution in [0, 0.1) is 13.8 Å². The van der Waals surface area contributed by atoms with Crippen LogP contribution in [-0.4, -0.2) is 13.1 Å². The van der Waals surface area contributed by atoms with Crippen LogP contribution in [0.3, 0.4) is 0 Å². The zero-order chi connectivity index (χ0) is 13.1. The molecule has 1 aromatic heterocycles. The van der Waals surface area contributed by atoms with Gasteiger partial charge < -0.3 is 4.74 Å². The first-order chi connectivity index (χ1) is 8.60. The molecule has 0 aliphatic carbocycles. The molecule has 1 heterocycles. The summed E-state index contributed by atoms with van der Waals surface area (Å²) in [5.74, 6) is -0.194. The molecule has 0 fully saturated rings. The summed E-state index contributed by atoms with van der Waals surface area (Å²) in [6, 6.07) is 8.50. The van der Waals surface area contributed by atoms with Gasteiger partial charge in [0.05, 0.1) is 13.5 Å². The van der Waals surface area contributed by atoms with Crippen molar-refractivity contribution in [2.75, 3.05) is 7.11 Å². The molecule has 0 saturated heterocycles. The van der Waals surface area contributed by atoms with Crippen LogP contribution < -0.4 is 0 Å². The smallest absolute Gasteiger partial charge is 0.310 e. The molecule has 0 radical (unpaired) electrons. The van der Waals surface area contributed by atoms with Gasteiger partial charge in [-0.25, -0.2) is 0 Å². The van der Waals surface area contributed by atoms with Gasteiger partial charge in [-0.1, -0.05) is 23.8 Å². The van der Waals surface area contributed by atoms with Gasteiger partial charge in [0.15, 0.2) is 0 Å². The molecule has 0 aliphatic heterocycles. The molecule has 0 amide bonds. The van der Waals surface area contributed by atoms with E-state index in [-0.39, 0.29) is 5.97 Å². The van der Waals surface area contributed by atoms with Crippen molar-refractivity contribution in [2.45, 2.75) is 20.3 Å². The Labute approximate surface area is 111 Å². The zero-order valence-corrected chi connectivity index (χ0v) is 11.6. The Bertz CT molecular complexity index is 570. The van der Waals surface area contributed by atoms with Crippen molar-refractivity contribution < 1.29 is 9.53 Å². The first-order valence-electron chi connectivity index (χ1n) is 5.82. The fourth-order valence-corrected chi connectivity index (χ4v) is 2.85. The van der Waals surface area contributed by atoms with Crippen molar-refractivity contribution in [3.8, 4) is 10.4 Å². The van der Waals surface area contributed by atoms with Crippen LogP contribution >= 0.6 is 11.3 Å². The third-order valence-electron chi connectivity index (χ3n) is 2.89. The van der Waals surface area contributed by atoms with Gasteiger partial charge in [0.25, 0.3) is 0 Å². The molecule has 0 aliphatic rings. The molecule has 2 rings (SSSR count). The van der Waals surface area contributed by atoms with Crippen LogP contribution in [0.5, 0.6) is 0 Å². The highest BCUT2D eigenvalue weighted by atomic mass is 32.1. The molecule has 1 aromatic carbocycles. The molecular weight excluding hydrogens is 244 g/mol. The Kier molecular flexibility index (Phi) is 3.82. The van der Waals surface area contributed by atoms with E-state index in [1.54, 1.807) is 11.3 Å². The Morgan fingerprint density at radius 3 is 2.78 bits per heavy atom. The number of esters is 1. The Morgan fingerprint density at radius 1 is 1.28 bits per heavy atom. The zero-order valence-electron chi connectivity index (χ0n) is 10.8. The van der Waals surface area contributed by atoms with Gasteiger partial charge in [0.1, 0.15) is 0 Å². The third-order valence-corrected chi connectivity index (χ3v) is 3.90. The number of ether oxygens (including phenoxy) is 1. The van der Waals surface area contributed by atoms with Gasteiger partial charge in [-0.3, -0.25) is 4.79 Å². The first kappa shape index (κ1) is 12.8. The second-order valence-corrected chi connectivity index (χ2v) is 5.30. The number of methoxy groups -OCH3 is 1. The highest BCUT2D eigenvalue weighted by Crippen LogP contribution is 2.30. The molecule has 2 nitrogen and oxygen atoms in total. The van der Waals surface area contributed by atoms with Crippen LogP contribution in [0.2, 0.25) is 0 Å². The molecule has 18 heavy (non-hydrogen) atoms. The molecule has 0 N–H and O–H groups in total. The largest absolute Gasteiger partial charge is 0.469 e. The maximum absolute atomic E-state index is 11.2. The lowest BCUT2D eigenvalue weighted by Crippen LogP contribution is -2.03. The van der Waals surface area contributed by atoms with E-state index in [0.717, 1.165) is 5.56 Å². The molecule has 0 bridgehead atoms. The normalized spacial score (nSPS) is 10.4. The monoisotopic (exact) mass is 260 g/mol. The number of benzene rings is 1. The molecule has 0 spiro atoms. The minimum absolute atomic E-state index is 0.194. The van der Waals surface area contributed by atoms with Crippen molar-refractivity contribution in [1.29, 1.82) is 0 Å². The molecule has 3 heteroatoms. The molecule has 0 atom stereocenters. The topological polar surface area (TPSA) is 26.3 Å². The fraction of sp³-hybridized carbons (Fsp3) is 0.267. The van der Waals surface area contributed by atoms with Gasteiger partial charge >= 0.3 is 5.97 Å². The maximum Gasteiger partial charge on any atom is 0.310 e. The number of carbonyl (C=O) groups is 1. The summed E-state index contributed by atoms with van der Waals surface area (Å²) in [5, 5.41) is 2.02. The summed E-state index contributed by atoms with van der Waals surface area (Å²) in [7, 11) is 1.42. The molecule has 0 unspecified atom stereocenters. The molecule has 94 valence electrons. The van der Waals surface area contributed by atoms with Gasteiger partial charge in [-0.2, -0.15) is 0 Å². The van der Waals surface area contributed by atoms with Crippen molar-refractivity contribution >= 4 is 17.3 Å². The maximum atomic E-state index is 11.2. The predicted molar refractivity (Wildman–Crippen MR) is 74.9 cm³/mol. The fourth-order valence-electron chi connectivity index (χ4n) is 1.85. The Balaban J connectivity index is 2.29. The number of rotatable bonds is 3. The summed E-state index contributed by atoms with van der Waals surface area (Å²) in [4.78, 5) is 12.4. The van der Waals surface area contributed by atoms with E-state index in [4.69, 9.17) is 0 Å². The van der Waals surface area contributed by atoms with E-state index < -0.39 is 0 Å². The SMILES string of the molecule is COC(=O)Cc1csc(-c2cc(C)ccc2C)c1. The summed E-state index contributed by atoms with van der Waals surface area (Å²) in [6.07, 6.45) is 0.345. The van der Waals surface area contributed by atoms with E-state index in [1.165, 1.54) is 28.7 Å². The quantitative estimate of drug-likeness (QED) is 0.786. The van der Waals surface area contributed by atoms with E-state index in [1.807, 2.05) is 5.38 Å². The van der Waals surface area contributed by atoms with Crippen LogP contribution in [0.4, 0.5) is 0 Å². The minimum Gasteiger partial charge on any atom is -0.469 e. The van der Waals surface area contributed by atoms with Crippen molar-refractivity contribution in [1.82, 2.24) is 0 Å². The third kappa shape index (κ3) is 2.79. The minimum atomic E-state index is -0.194. The van der Waals surface area contributed by atoms with Crippen molar-refractivity contribution in [3.63, 3.8) is 0 Å². The van der Waals surface area contributed by atoms with Crippen LogP contribution in [0.25, 0.3) is 10.4 Å². The summed E-state index contributed by atoms with van der Waals surface area (Å²) >= 11 is 1.67. The lowest BCUT2D eigenvalue weighted by atomic mass is 10.0. The standard InChI is InChI=1S/C15H16O2S/c1-10-4-5-11(2)13(6-10)14-7-12(9-18-14)8-15(16)17-3/h4-7,9H,8H2,1-3H3. The molecular formula is C15H16O2S. The van der Waals surface area contributed by atoms with Crippen LogP contribution in [0.15, 0.2) is 29.6 Å². The van der Waals surface area contributed by atoms with Crippen molar-refractivity contribution in [3.05, 3.63) is 46.3 Å². The molecule has 2 aromatic rings. The average Bonchev–Trinajstić information content (AvgIpc) is 2.80. The second-order valence-electron chi connectivity index (χ2n) is 4.39. The summed E-state index contributed by atoms with van der Waals surface area (Å²) in [6.45, 7) is 4.19. The van der Waals surface area contributed by atoms with Crippen LogP contribution in [0.1, 0.15) is 16.7 Å². The summed E-state index contributed by atoms with van der Waals surface area (Å²) in [5.41, 5.74) is 4.77. The number of aryl methyl sites for hydroxylation is 2. The number of thiophene rings is 1. The van der Waals surface area contributed by atoms with Gasteiger partial charge in [-0.15, -0.1) is 11.3 Å². The number of hydrogen-bond acceptors (Lipinski definition) is 3. The van der Waals surface area contributed by atoms with Gasteiger partial charge in [0, 0.05) is 4.88 Å². The first-order valence-corrected chi connectivity index (χ1v) is 6.70. The van der Waals surface area contributed by atoms with Crippen LogP contribution in [-0.2, 0) is 16.0 Å².